The minimum atomic E-state index is 0. The number of imidazole rings is 2. The fourth-order valence-electron chi connectivity index (χ4n) is 2.16. The zero-order valence-electron chi connectivity index (χ0n) is 10.1. The molecule has 0 aromatic rings. The van der Waals surface area contributed by atoms with E-state index in [1.807, 2.05) is 7.05 Å². The Hall–Kier alpha value is -1.15. The molecule has 0 aromatic heterocycles. The van der Waals surface area contributed by atoms with Crippen molar-refractivity contribution >= 4 is 0 Å². The van der Waals surface area contributed by atoms with Crippen molar-refractivity contribution in [3.05, 3.63) is 37.2 Å². The molecule has 0 spiro atoms. The maximum Gasteiger partial charge on any atom is 2.00 e. The summed E-state index contributed by atoms with van der Waals surface area (Å²) in [6.45, 7) is 3.26. The topological polar surface area (TPSA) is 19.7 Å². The van der Waals surface area contributed by atoms with E-state index >= 15 is 0 Å². The van der Waals surface area contributed by atoms with Gasteiger partial charge in [0.1, 0.15) is 0 Å². The first-order valence-corrected chi connectivity index (χ1v) is 5.65. The molecule has 3 aliphatic rings. The first-order valence-electron chi connectivity index (χ1n) is 5.65. The van der Waals surface area contributed by atoms with Crippen LogP contribution in [0.2, 0.25) is 0 Å². The molecule has 0 fully saturated rings. The molecule has 4 nitrogen and oxygen atoms in total. The van der Waals surface area contributed by atoms with Crippen molar-refractivity contribution in [1.82, 2.24) is 18.5 Å². The van der Waals surface area contributed by atoms with Crippen molar-refractivity contribution < 1.29 is 21.1 Å². The maximum absolute atomic E-state index is 2.23. The number of nitrogens with zero attached hydrogens (tertiary/aromatic N) is 4. The fourth-order valence-corrected chi connectivity index (χ4v) is 2.16. The molecular formula is C12H16N4W. The molecule has 0 radical (unpaired) electrons. The van der Waals surface area contributed by atoms with Gasteiger partial charge in [0, 0.05) is 0 Å². The minimum absolute atomic E-state index is 0. The number of aryl methyl sites for hydroxylation is 2. The Morgan fingerprint density at radius 2 is 1.71 bits per heavy atom. The van der Waals surface area contributed by atoms with Crippen LogP contribution in [0.1, 0.15) is 13.3 Å². The molecule has 3 aliphatic heterocycles. The monoisotopic (exact) mass is 400 g/mol. The van der Waals surface area contributed by atoms with Crippen LogP contribution in [0.5, 0.6) is 0 Å². The van der Waals surface area contributed by atoms with E-state index in [2.05, 4.69) is 62.6 Å². The molecule has 0 saturated heterocycles. The molecule has 0 saturated carbocycles. The van der Waals surface area contributed by atoms with Crippen molar-refractivity contribution in [1.29, 1.82) is 0 Å². The van der Waals surface area contributed by atoms with Crippen LogP contribution in [0.25, 0.3) is 11.4 Å². The summed E-state index contributed by atoms with van der Waals surface area (Å²) >= 11 is 0. The van der Waals surface area contributed by atoms with E-state index < -0.39 is 0 Å². The van der Waals surface area contributed by atoms with Gasteiger partial charge in [0.15, 0.2) is 0 Å². The Morgan fingerprint density at radius 3 is 2.41 bits per heavy atom. The summed E-state index contributed by atoms with van der Waals surface area (Å²) in [6, 6.07) is 4.30. The van der Waals surface area contributed by atoms with E-state index in [1.165, 1.54) is 11.4 Å². The number of aromatic nitrogens is 4. The maximum atomic E-state index is 2.23. The van der Waals surface area contributed by atoms with E-state index in [4.69, 9.17) is 0 Å². The van der Waals surface area contributed by atoms with Crippen LogP contribution in [0, 0.1) is 0 Å². The summed E-state index contributed by atoms with van der Waals surface area (Å²) in [6.07, 6.45) is 9.68. The van der Waals surface area contributed by atoms with Crippen LogP contribution in [-0.2, 0) is 34.7 Å². The third-order valence-electron chi connectivity index (χ3n) is 2.85. The molecule has 0 unspecified atom stereocenters. The molecule has 90 valence electrons. The van der Waals surface area contributed by atoms with E-state index in [-0.39, 0.29) is 21.1 Å². The second-order valence-electron chi connectivity index (χ2n) is 4.26. The van der Waals surface area contributed by atoms with Gasteiger partial charge < -0.3 is 18.5 Å². The average molecular weight is 400 g/mol. The Kier molecular flexibility index (Phi) is 3.34. The molecular weight excluding hydrogens is 384 g/mol. The molecule has 0 atom stereocenters. The van der Waals surface area contributed by atoms with Gasteiger partial charge in [-0.25, -0.2) is 0 Å². The van der Waals surface area contributed by atoms with Crippen molar-refractivity contribution in [2.24, 2.45) is 7.05 Å². The Labute approximate surface area is 115 Å². The summed E-state index contributed by atoms with van der Waals surface area (Å²) in [4.78, 5) is 0. The van der Waals surface area contributed by atoms with Crippen molar-refractivity contribution in [2.45, 2.75) is 19.9 Å². The summed E-state index contributed by atoms with van der Waals surface area (Å²) < 4.78 is 8.63. The van der Waals surface area contributed by atoms with Crippen molar-refractivity contribution in [3.63, 3.8) is 0 Å². The van der Waals surface area contributed by atoms with Gasteiger partial charge in [-0.15, -0.1) is 24.5 Å². The smallest absolute Gasteiger partial charge is 0.454 e. The summed E-state index contributed by atoms with van der Waals surface area (Å²) in [5, 5.41) is 0. The average Bonchev–Trinajstić information content (AvgIpc) is 2.79. The summed E-state index contributed by atoms with van der Waals surface area (Å²) in [7, 11) is 2.04. The van der Waals surface area contributed by atoms with Gasteiger partial charge in [0.2, 0.25) is 0 Å². The Morgan fingerprint density at radius 1 is 1.06 bits per heavy atom. The van der Waals surface area contributed by atoms with E-state index in [0.29, 0.717) is 0 Å². The van der Waals surface area contributed by atoms with Crippen LogP contribution in [0.4, 0.5) is 0 Å². The summed E-state index contributed by atoms with van der Waals surface area (Å²) in [5.41, 5.74) is 2.42. The fraction of sp³-hybridized carbons (Fsp3) is 0.333. The predicted octanol–water partition coefficient (Wildman–Crippen LogP) is 2.25. The molecule has 5 heteroatoms. The molecule has 0 aliphatic carbocycles. The molecule has 0 aromatic carbocycles. The van der Waals surface area contributed by atoms with E-state index in [1.54, 1.807) is 0 Å². The molecule has 0 amide bonds. The summed E-state index contributed by atoms with van der Waals surface area (Å²) in [5.74, 6) is 0. The van der Waals surface area contributed by atoms with Gasteiger partial charge in [0.25, 0.3) is 0 Å². The first-order chi connectivity index (χ1) is 7.78. The molecule has 17 heavy (non-hydrogen) atoms. The first kappa shape index (κ1) is 12.3. The van der Waals surface area contributed by atoms with Gasteiger partial charge in [0.05, 0.1) is 0 Å². The van der Waals surface area contributed by atoms with Crippen LogP contribution in [0.3, 0.4) is 0 Å². The molecule has 0 bridgehead atoms. The largest absolute Gasteiger partial charge is 2.00 e. The van der Waals surface area contributed by atoms with Crippen LogP contribution >= 0.6 is 0 Å². The number of hydrogen-bond donors (Lipinski definition) is 0. The third kappa shape index (κ3) is 2.02. The van der Waals surface area contributed by atoms with E-state index in [9.17, 15) is 0 Å². The number of rotatable bonds is 2. The number of hydrogen-bond acceptors (Lipinski definition) is 0. The SMILES string of the molecule is CCCn1cc2ccc3cn(C)[cH-]n-3n-2[cH-]1.[W+2]. The molecule has 3 heterocycles. The quantitative estimate of drug-likeness (QED) is 0.589. The Bertz CT molecular complexity index is 568. The third-order valence-corrected chi connectivity index (χ3v) is 2.85. The van der Waals surface area contributed by atoms with Gasteiger partial charge in [-0.2, -0.15) is 0 Å². The zero-order chi connectivity index (χ0) is 11.1. The standard InChI is InChI=1S/C12H16N4.W/c1-3-6-14-8-12-5-4-11-7-13(2)9-15(11)16(12)10-14;/h4-5,7-10H,3,6H2,1-2H3;/q-2;+2. The van der Waals surface area contributed by atoms with Crippen LogP contribution in [0.15, 0.2) is 37.2 Å². The van der Waals surface area contributed by atoms with E-state index in [0.717, 1.165) is 13.0 Å². The van der Waals surface area contributed by atoms with Gasteiger partial charge in [-0.1, -0.05) is 18.3 Å². The normalized spacial score (nSPS) is 10.9. The van der Waals surface area contributed by atoms with Crippen molar-refractivity contribution in [2.75, 3.05) is 0 Å². The minimum Gasteiger partial charge on any atom is -0.454 e. The molecule has 3 rings (SSSR count). The van der Waals surface area contributed by atoms with Gasteiger partial charge >= 0.3 is 21.1 Å². The van der Waals surface area contributed by atoms with Gasteiger partial charge in [-0.3, -0.25) is 0 Å². The second kappa shape index (κ2) is 4.61. The van der Waals surface area contributed by atoms with Gasteiger partial charge in [-0.05, 0) is 32.7 Å². The number of fused-ring (bicyclic) bond motifs is 3. The van der Waals surface area contributed by atoms with Crippen molar-refractivity contribution in [3.8, 4) is 11.4 Å². The second-order valence-corrected chi connectivity index (χ2v) is 4.26. The zero-order valence-corrected chi connectivity index (χ0v) is 13.0. The molecule has 0 N–H and O–H groups in total. The Balaban J connectivity index is 0.00000108. The predicted molar refractivity (Wildman–Crippen MR) is 63.5 cm³/mol. The van der Waals surface area contributed by atoms with Crippen LogP contribution < -0.4 is 0 Å². The van der Waals surface area contributed by atoms with Crippen LogP contribution in [-0.4, -0.2) is 18.5 Å².